The Morgan fingerprint density at radius 1 is 1.36 bits per heavy atom. The fourth-order valence-corrected chi connectivity index (χ4v) is 3.54. The second-order valence-electron chi connectivity index (χ2n) is 6.15. The van der Waals surface area contributed by atoms with Crippen LogP contribution in [0.1, 0.15) is 29.6 Å². The fourth-order valence-electron chi connectivity index (χ4n) is 3.54. The maximum atomic E-state index is 12.7. The maximum Gasteiger partial charge on any atom is 0.254 e. The van der Waals surface area contributed by atoms with Crippen LogP contribution in [0.25, 0.3) is 5.65 Å². The number of tetrazole rings is 1. The third kappa shape index (κ3) is 2.55. The molecule has 2 aromatic rings. The first kappa shape index (κ1) is 15.2. The van der Waals surface area contributed by atoms with Crippen LogP contribution < -0.4 is 5.32 Å². The molecule has 22 heavy (non-hydrogen) atoms. The van der Waals surface area contributed by atoms with Gasteiger partial charge in [-0.3, -0.25) is 4.79 Å². The summed E-state index contributed by atoms with van der Waals surface area (Å²) >= 11 is 0. The van der Waals surface area contributed by atoms with Crippen LogP contribution in [-0.2, 0) is 0 Å². The number of nitrogens with zero attached hydrogens (tertiary/aromatic N) is 5. The van der Waals surface area contributed by atoms with Crippen molar-refractivity contribution in [1.82, 2.24) is 30.3 Å². The zero-order chi connectivity index (χ0) is 14.3. The Bertz CT molecular complexity index is 681. The van der Waals surface area contributed by atoms with Gasteiger partial charge in [-0.15, -0.1) is 17.5 Å². The zero-order valence-electron chi connectivity index (χ0n) is 12.2. The van der Waals surface area contributed by atoms with Gasteiger partial charge < -0.3 is 10.2 Å². The summed E-state index contributed by atoms with van der Waals surface area (Å²) in [7, 11) is 0. The van der Waals surface area contributed by atoms with Gasteiger partial charge in [0, 0.05) is 36.8 Å². The molecular weight excluding hydrogens is 304 g/mol. The van der Waals surface area contributed by atoms with Gasteiger partial charge in [0.25, 0.3) is 5.91 Å². The first-order valence-corrected chi connectivity index (χ1v) is 7.44. The number of hydrogen-bond acceptors (Lipinski definition) is 5. The van der Waals surface area contributed by atoms with Crippen molar-refractivity contribution in [2.75, 3.05) is 26.2 Å². The Kier molecular flexibility index (Phi) is 4.01. The molecule has 2 fully saturated rings. The van der Waals surface area contributed by atoms with E-state index in [9.17, 15) is 4.79 Å². The van der Waals surface area contributed by atoms with E-state index in [0.717, 1.165) is 32.6 Å². The Hall–Kier alpha value is -1.73. The van der Waals surface area contributed by atoms with Crippen molar-refractivity contribution in [1.29, 1.82) is 0 Å². The van der Waals surface area contributed by atoms with Gasteiger partial charge in [-0.25, -0.2) is 4.52 Å². The quantitative estimate of drug-likeness (QED) is 0.839. The Morgan fingerprint density at radius 2 is 2.27 bits per heavy atom. The van der Waals surface area contributed by atoms with Crippen molar-refractivity contribution in [3.05, 3.63) is 23.9 Å². The van der Waals surface area contributed by atoms with E-state index < -0.39 is 0 Å². The number of carbonyl (C=O) groups excluding carboxylic acids is 1. The Labute approximate surface area is 134 Å². The normalized spacial score (nSPS) is 24.6. The molecule has 7 nitrogen and oxygen atoms in total. The molecular formula is C14H19ClN6O. The zero-order valence-corrected chi connectivity index (χ0v) is 13.1. The van der Waals surface area contributed by atoms with Crippen molar-refractivity contribution >= 4 is 24.0 Å². The minimum absolute atomic E-state index is 0. The number of hydrogen-bond donors (Lipinski definition) is 1. The fraction of sp³-hybridized carbons (Fsp3) is 0.571. The predicted octanol–water partition coefficient (Wildman–Crippen LogP) is 0.762. The van der Waals surface area contributed by atoms with Crippen LogP contribution in [0.2, 0.25) is 0 Å². The molecule has 0 bridgehead atoms. The average Bonchev–Trinajstić information content (AvgIpc) is 3.14. The molecule has 0 aliphatic carbocycles. The van der Waals surface area contributed by atoms with E-state index in [4.69, 9.17) is 0 Å². The minimum Gasteiger partial charge on any atom is -0.338 e. The number of halogens is 1. The van der Waals surface area contributed by atoms with Crippen LogP contribution in [0.4, 0.5) is 0 Å². The number of fused-ring (bicyclic) bond motifs is 1. The van der Waals surface area contributed by atoms with Gasteiger partial charge in [-0.05, 0) is 48.4 Å². The molecule has 0 radical (unpaired) electrons. The van der Waals surface area contributed by atoms with Crippen molar-refractivity contribution in [3.8, 4) is 0 Å². The summed E-state index contributed by atoms with van der Waals surface area (Å²) in [6, 6.07) is 3.54. The molecule has 1 atom stereocenters. The number of pyridine rings is 1. The van der Waals surface area contributed by atoms with Crippen LogP contribution in [0, 0.1) is 5.41 Å². The lowest BCUT2D eigenvalue weighted by molar-refractivity contribution is 0.0764. The molecule has 1 spiro atoms. The third-order valence-electron chi connectivity index (χ3n) is 4.73. The molecule has 0 saturated carbocycles. The Balaban J connectivity index is 0.00000144. The van der Waals surface area contributed by atoms with E-state index in [1.54, 1.807) is 22.8 Å². The number of nitrogens with one attached hydrogen (secondary N) is 1. The molecule has 2 aliphatic rings. The molecule has 8 heteroatoms. The van der Waals surface area contributed by atoms with Crippen molar-refractivity contribution in [2.24, 2.45) is 5.41 Å². The van der Waals surface area contributed by atoms with E-state index in [2.05, 4.69) is 20.8 Å². The van der Waals surface area contributed by atoms with E-state index in [1.165, 1.54) is 12.8 Å². The van der Waals surface area contributed by atoms with Crippen molar-refractivity contribution in [3.63, 3.8) is 0 Å². The smallest absolute Gasteiger partial charge is 0.254 e. The second kappa shape index (κ2) is 5.81. The van der Waals surface area contributed by atoms with Gasteiger partial charge in [-0.2, -0.15) is 0 Å². The molecule has 2 saturated heterocycles. The largest absolute Gasteiger partial charge is 0.338 e. The lowest BCUT2D eigenvalue weighted by atomic mass is 9.80. The van der Waals surface area contributed by atoms with Gasteiger partial charge in [0.2, 0.25) is 0 Å². The average molecular weight is 323 g/mol. The summed E-state index contributed by atoms with van der Waals surface area (Å²) < 4.78 is 1.56. The second-order valence-corrected chi connectivity index (χ2v) is 6.15. The molecule has 2 aliphatic heterocycles. The number of aromatic nitrogens is 4. The third-order valence-corrected chi connectivity index (χ3v) is 4.73. The van der Waals surface area contributed by atoms with Gasteiger partial charge in [0.15, 0.2) is 5.65 Å². The van der Waals surface area contributed by atoms with E-state index in [0.29, 0.717) is 11.2 Å². The van der Waals surface area contributed by atoms with Crippen LogP contribution in [-0.4, -0.2) is 57.0 Å². The first-order valence-electron chi connectivity index (χ1n) is 7.44. The first-order chi connectivity index (χ1) is 10.3. The molecule has 118 valence electrons. The topological polar surface area (TPSA) is 75.4 Å². The van der Waals surface area contributed by atoms with E-state index in [1.807, 2.05) is 4.90 Å². The van der Waals surface area contributed by atoms with Gasteiger partial charge in [-0.1, -0.05) is 0 Å². The standard InChI is InChI=1S/C14H18N6O.ClH/c21-13(11-2-6-20-12(8-11)16-17-18-20)19-7-4-14(10-19)3-1-5-15-9-14;/h2,6,8,15H,1,3-5,7,9-10H2;1H. The molecule has 2 aromatic heterocycles. The van der Waals surface area contributed by atoms with E-state index in [-0.39, 0.29) is 23.7 Å². The van der Waals surface area contributed by atoms with Crippen LogP contribution in [0.3, 0.4) is 0 Å². The molecule has 1 unspecified atom stereocenters. The summed E-state index contributed by atoms with van der Waals surface area (Å²) in [4.78, 5) is 14.6. The van der Waals surface area contributed by atoms with Gasteiger partial charge in [0.1, 0.15) is 0 Å². The molecule has 1 amide bonds. The molecule has 4 heterocycles. The summed E-state index contributed by atoms with van der Waals surface area (Å²) in [5.74, 6) is 0.0861. The number of piperidine rings is 1. The summed E-state index contributed by atoms with van der Waals surface area (Å²) in [5.41, 5.74) is 1.56. The summed E-state index contributed by atoms with van der Waals surface area (Å²) in [6.07, 6.45) is 5.26. The summed E-state index contributed by atoms with van der Waals surface area (Å²) in [6.45, 7) is 3.84. The monoisotopic (exact) mass is 322 g/mol. The maximum absolute atomic E-state index is 12.7. The van der Waals surface area contributed by atoms with Crippen LogP contribution in [0.15, 0.2) is 18.3 Å². The minimum atomic E-state index is 0. The highest BCUT2D eigenvalue weighted by atomic mass is 35.5. The van der Waals surface area contributed by atoms with E-state index >= 15 is 0 Å². The van der Waals surface area contributed by atoms with Gasteiger partial charge in [0.05, 0.1) is 0 Å². The molecule has 0 aromatic carbocycles. The van der Waals surface area contributed by atoms with Crippen molar-refractivity contribution < 1.29 is 4.79 Å². The Morgan fingerprint density at radius 3 is 3.09 bits per heavy atom. The van der Waals surface area contributed by atoms with Crippen molar-refractivity contribution in [2.45, 2.75) is 19.3 Å². The molecule has 1 N–H and O–H groups in total. The van der Waals surface area contributed by atoms with Crippen LogP contribution in [0.5, 0.6) is 0 Å². The molecule has 4 rings (SSSR count). The lowest BCUT2D eigenvalue weighted by Gasteiger charge is -2.33. The highest BCUT2D eigenvalue weighted by Crippen LogP contribution is 2.36. The number of rotatable bonds is 1. The number of likely N-dealkylation sites (tertiary alicyclic amines) is 1. The highest BCUT2D eigenvalue weighted by Gasteiger charge is 2.40. The number of amides is 1. The summed E-state index contributed by atoms with van der Waals surface area (Å²) in [5, 5.41) is 14.8. The predicted molar refractivity (Wildman–Crippen MR) is 83.1 cm³/mol. The SMILES string of the molecule is Cl.O=C(c1ccn2nnnc2c1)N1CCC2(CCCNC2)C1. The number of carbonyl (C=O) groups is 1. The van der Waals surface area contributed by atoms with Gasteiger partial charge >= 0.3 is 0 Å². The lowest BCUT2D eigenvalue weighted by Crippen LogP contribution is -2.42. The van der Waals surface area contributed by atoms with Crippen LogP contribution >= 0.6 is 12.4 Å². The highest BCUT2D eigenvalue weighted by molar-refractivity contribution is 5.95.